The van der Waals surface area contributed by atoms with Gasteiger partial charge in [-0.3, -0.25) is 9.78 Å². The van der Waals surface area contributed by atoms with Gasteiger partial charge in [0.2, 0.25) is 0 Å². The number of nitrogens with zero attached hydrogens (tertiary/aromatic N) is 2. The van der Waals surface area contributed by atoms with Crippen LogP contribution in [0.15, 0.2) is 53.9 Å². The van der Waals surface area contributed by atoms with E-state index in [1.807, 2.05) is 0 Å². The molecule has 0 aliphatic rings. The van der Waals surface area contributed by atoms with Crippen LogP contribution in [0.3, 0.4) is 0 Å². The van der Waals surface area contributed by atoms with E-state index in [4.69, 9.17) is 15.1 Å². The number of carbonyl (C=O) groups is 2. The van der Waals surface area contributed by atoms with E-state index in [9.17, 15) is 9.59 Å². The molecule has 0 saturated carbocycles. The van der Waals surface area contributed by atoms with Gasteiger partial charge >= 0.3 is 11.9 Å². The standard InChI is InChI=1S/C18H18N2O5/c21-16(22)8-1-2-10-25-20-17(15-7-4-9-19-12-15)13-5-3-6-14(11-13)18(23)24/h3-7,9,11-12H,1-2,8,10H2,(H,21,22)(H,23,24)/b20-17-. The van der Waals surface area contributed by atoms with Crippen molar-refractivity contribution in [3.8, 4) is 0 Å². The summed E-state index contributed by atoms with van der Waals surface area (Å²) >= 11 is 0. The van der Waals surface area contributed by atoms with E-state index in [0.717, 1.165) is 0 Å². The smallest absolute Gasteiger partial charge is 0.335 e. The van der Waals surface area contributed by atoms with Gasteiger partial charge in [-0.2, -0.15) is 0 Å². The van der Waals surface area contributed by atoms with Gasteiger partial charge in [-0.25, -0.2) is 4.79 Å². The number of oxime groups is 1. The van der Waals surface area contributed by atoms with Gasteiger partial charge in [0.1, 0.15) is 12.3 Å². The molecule has 0 spiro atoms. The van der Waals surface area contributed by atoms with Gasteiger partial charge in [-0.15, -0.1) is 0 Å². The second-order valence-electron chi connectivity index (χ2n) is 5.25. The zero-order valence-corrected chi connectivity index (χ0v) is 13.5. The Balaban J connectivity index is 2.17. The quantitative estimate of drug-likeness (QED) is 0.412. The third-order valence-corrected chi connectivity index (χ3v) is 3.35. The van der Waals surface area contributed by atoms with Crippen molar-refractivity contribution < 1.29 is 24.6 Å². The van der Waals surface area contributed by atoms with E-state index in [1.54, 1.807) is 36.7 Å². The minimum absolute atomic E-state index is 0.0865. The van der Waals surface area contributed by atoms with Crippen molar-refractivity contribution in [3.05, 3.63) is 65.5 Å². The first kappa shape index (κ1) is 18.1. The summed E-state index contributed by atoms with van der Waals surface area (Å²) in [5.74, 6) is -1.87. The zero-order valence-electron chi connectivity index (χ0n) is 13.5. The Morgan fingerprint density at radius 3 is 2.48 bits per heavy atom. The molecule has 0 radical (unpaired) electrons. The van der Waals surface area contributed by atoms with Gasteiger partial charge in [-0.1, -0.05) is 17.3 Å². The molecule has 0 atom stereocenters. The Labute approximate surface area is 144 Å². The SMILES string of the molecule is O=C(O)CCCCO/N=C(\c1cccnc1)c1cccc(C(=O)O)c1. The fraction of sp³-hybridized carbons (Fsp3) is 0.222. The summed E-state index contributed by atoms with van der Waals surface area (Å²) < 4.78 is 0. The maximum absolute atomic E-state index is 11.2. The summed E-state index contributed by atoms with van der Waals surface area (Å²) in [4.78, 5) is 31.0. The molecular weight excluding hydrogens is 324 g/mol. The van der Waals surface area contributed by atoms with E-state index in [2.05, 4.69) is 10.1 Å². The number of carboxylic acid groups (broad SMARTS) is 2. The number of pyridine rings is 1. The highest BCUT2D eigenvalue weighted by Gasteiger charge is 2.11. The molecule has 0 bridgehead atoms. The Hall–Kier alpha value is -3.22. The molecule has 25 heavy (non-hydrogen) atoms. The number of carboxylic acids is 2. The lowest BCUT2D eigenvalue weighted by atomic mass is 10.0. The van der Waals surface area contributed by atoms with Crippen LogP contribution < -0.4 is 0 Å². The second kappa shape index (κ2) is 9.17. The number of rotatable bonds is 9. The molecule has 0 unspecified atom stereocenters. The van der Waals surface area contributed by atoms with E-state index in [0.29, 0.717) is 29.7 Å². The van der Waals surface area contributed by atoms with E-state index >= 15 is 0 Å². The van der Waals surface area contributed by atoms with E-state index < -0.39 is 11.9 Å². The molecule has 0 aliphatic heterocycles. The number of aliphatic carboxylic acids is 1. The summed E-state index contributed by atoms with van der Waals surface area (Å²) in [6, 6.07) is 9.94. The number of unbranched alkanes of at least 4 members (excludes halogenated alkanes) is 1. The van der Waals surface area contributed by atoms with Crippen LogP contribution in [0.25, 0.3) is 0 Å². The molecule has 2 rings (SSSR count). The number of aromatic nitrogens is 1. The predicted octanol–water partition coefficient (Wildman–Crippen LogP) is 2.80. The summed E-state index contributed by atoms with van der Waals surface area (Å²) in [6.07, 6.45) is 4.39. The molecule has 2 N–H and O–H groups in total. The largest absolute Gasteiger partial charge is 0.481 e. The maximum atomic E-state index is 11.2. The lowest BCUT2D eigenvalue weighted by Crippen LogP contribution is -2.07. The summed E-state index contributed by atoms with van der Waals surface area (Å²) in [6.45, 7) is 0.273. The van der Waals surface area contributed by atoms with Crippen LogP contribution in [-0.2, 0) is 9.63 Å². The summed E-state index contributed by atoms with van der Waals surface area (Å²) in [5, 5.41) is 21.9. The number of benzene rings is 1. The lowest BCUT2D eigenvalue weighted by molar-refractivity contribution is -0.137. The van der Waals surface area contributed by atoms with Crippen LogP contribution in [0.1, 0.15) is 40.7 Å². The monoisotopic (exact) mass is 342 g/mol. The van der Waals surface area contributed by atoms with Crippen LogP contribution in [0.5, 0.6) is 0 Å². The Morgan fingerprint density at radius 1 is 1.04 bits per heavy atom. The molecule has 0 aliphatic carbocycles. The normalized spacial score (nSPS) is 11.1. The van der Waals surface area contributed by atoms with Crippen LogP contribution in [0.2, 0.25) is 0 Å². The van der Waals surface area contributed by atoms with E-state index in [-0.39, 0.29) is 18.6 Å². The van der Waals surface area contributed by atoms with Crippen molar-refractivity contribution in [2.75, 3.05) is 6.61 Å². The first-order valence-corrected chi connectivity index (χ1v) is 7.74. The van der Waals surface area contributed by atoms with Gasteiger partial charge in [0, 0.05) is 29.9 Å². The average Bonchev–Trinajstić information content (AvgIpc) is 2.61. The highest BCUT2D eigenvalue weighted by molar-refractivity contribution is 6.13. The van der Waals surface area contributed by atoms with Crippen molar-refractivity contribution in [2.45, 2.75) is 19.3 Å². The molecule has 7 nitrogen and oxygen atoms in total. The molecule has 0 amide bonds. The van der Waals surface area contributed by atoms with Crippen molar-refractivity contribution in [1.82, 2.24) is 4.98 Å². The number of hydrogen-bond donors (Lipinski definition) is 2. The molecule has 1 aromatic heterocycles. The zero-order chi connectivity index (χ0) is 18.1. The van der Waals surface area contributed by atoms with Crippen LogP contribution >= 0.6 is 0 Å². The molecule has 2 aromatic rings. The number of hydrogen-bond acceptors (Lipinski definition) is 5. The van der Waals surface area contributed by atoms with Gasteiger partial charge in [0.05, 0.1) is 5.56 Å². The first-order chi connectivity index (χ1) is 12.1. The van der Waals surface area contributed by atoms with Crippen LogP contribution in [0, 0.1) is 0 Å². The van der Waals surface area contributed by atoms with Gasteiger partial charge in [-0.05, 0) is 37.1 Å². The van der Waals surface area contributed by atoms with E-state index in [1.165, 1.54) is 12.1 Å². The molecule has 1 aromatic carbocycles. The van der Waals surface area contributed by atoms with Crippen LogP contribution in [-0.4, -0.2) is 39.5 Å². The van der Waals surface area contributed by atoms with Gasteiger partial charge in [0.25, 0.3) is 0 Å². The molecular formula is C18H18N2O5. The Kier molecular flexibility index (Phi) is 6.65. The predicted molar refractivity (Wildman–Crippen MR) is 90.7 cm³/mol. The van der Waals surface area contributed by atoms with Crippen molar-refractivity contribution in [1.29, 1.82) is 0 Å². The molecule has 0 fully saturated rings. The Morgan fingerprint density at radius 2 is 1.80 bits per heavy atom. The topological polar surface area (TPSA) is 109 Å². The molecule has 1 heterocycles. The van der Waals surface area contributed by atoms with Gasteiger partial charge < -0.3 is 15.1 Å². The minimum Gasteiger partial charge on any atom is -0.481 e. The molecule has 0 saturated heterocycles. The Bertz CT molecular complexity index is 759. The highest BCUT2D eigenvalue weighted by Crippen LogP contribution is 2.13. The van der Waals surface area contributed by atoms with Gasteiger partial charge in [0.15, 0.2) is 0 Å². The average molecular weight is 342 g/mol. The lowest BCUT2D eigenvalue weighted by Gasteiger charge is -2.08. The molecule has 7 heteroatoms. The van der Waals surface area contributed by atoms with Crippen molar-refractivity contribution in [2.24, 2.45) is 5.16 Å². The second-order valence-corrected chi connectivity index (χ2v) is 5.25. The van der Waals surface area contributed by atoms with Crippen molar-refractivity contribution >= 4 is 17.7 Å². The third kappa shape index (κ3) is 5.72. The summed E-state index contributed by atoms with van der Waals surface area (Å²) in [7, 11) is 0. The highest BCUT2D eigenvalue weighted by atomic mass is 16.6. The fourth-order valence-electron chi connectivity index (χ4n) is 2.13. The number of aromatic carboxylic acids is 1. The third-order valence-electron chi connectivity index (χ3n) is 3.35. The fourth-order valence-corrected chi connectivity index (χ4v) is 2.13. The van der Waals surface area contributed by atoms with Crippen molar-refractivity contribution in [3.63, 3.8) is 0 Å². The maximum Gasteiger partial charge on any atom is 0.335 e. The minimum atomic E-state index is -1.03. The first-order valence-electron chi connectivity index (χ1n) is 7.74. The molecule has 130 valence electrons. The summed E-state index contributed by atoms with van der Waals surface area (Å²) in [5.41, 5.74) is 1.90. The van der Waals surface area contributed by atoms with Crippen LogP contribution in [0.4, 0.5) is 0 Å².